The van der Waals surface area contributed by atoms with E-state index < -0.39 is 65.4 Å². The summed E-state index contributed by atoms with van der Waals surface area (Å²) < 4.78 is 52.7. The molecule has 2 heterocycles. The second-order valence-corrected chi connectivity index (χ2v) is 13.3. The number of hydrogen-bond donors (Lipinski definition) is 7. The molecule has 1 aliphatic rings. The maximum absolute atomic E-state index is 12.6. The molecule has 2 rings (SSSR count). The molecular formula is C19H31N2O15P3. The van der Waals surface area contributed by atoms with Crippen molar-refractivity contribution in [2.24, 2.45) is 0 Å². The summed E-state index contributed by atoms with van der Waals surface area (Å²) in [4.78, 5) is 62.4. The Hall–Kier alpha value is -1.55. The van der Waals surface area contributed by atoms with Gasteiger partial charge in [-0.2, -0.15) is 8.62 Å². The fraction of sp³-hybridized carbons (Fsp3) is 0.579. The fourth-order valence-electron chi connectivity index (χ4n) is 3.67. The molecule has 0 saturated carbocycles. The van der Waals surface area contributed by atoms with E-state index in [1.54, 1.807) is 13.0 Å². The van der Waals surface area contributed by atoms with Crippen molar-refractivity contribution in [3.05, 3.63) is 56.4 Å². The van der Waals surface area contributed by atoms with Crippen LogP contribution in [-0.2, 0) is 37.3 Å². The zero-order valence-electron chi connectivity index (χ0n) is 21.0. The van der Waals surface area contributed by atoms with Crippen LogP contribution in [0.4, 0.5) is 0 Å². The minimum Gasteiger partial charge on any atom is -0.387 e. The van der Waals surface area contributed by atoms with E-state index in [-0.39, 0.29) is 6.42 Å². The van der Waals surface area contributed by atoms with E-state index in [0.717, 1.165) is 28.0 Å². The van der Waals surface area contributed by atoms with Gasteiger partial charge in [-0.15, -0.1) is 0 Å². The fourth-order valence-corrected chi connectivity index (χ4v) is 6.70. The lowest BCUT2D eigenvalue weighted by Crippen LogP contribution is -2.51. The number of phosphoric ester groups is 1. The summed E-state index contributed by atoms with van der Waals surface area (Å²) in [5.41, 5.74) is -1.86. The largest absolute Gasteiger partial charge is 0.490 e. The molecule has 0 spiro atoms. The number of aliphatic hydroxyl groups excluding tert-OH is 2. The minimum atomic E-state index is -5.79. The van der Waals surface area contributed by atoms with E-state index in [1.807, 2.05) is 24.9 Å². The second-order valence-electron chi connectivity index (χ2n) is 8.88. The molecule has 7 N–H and O–H groups in total. The number of aromatic amines is 1. The molecule has 0 bridgehead atoms. The number of hydrogen-bond acceptors (Lipinski definition) is 11. The number of aliphatic hydroxyl groups is 2. The molecule has 0 aromatic carbocycles. The quantitative estimate of drug-likeness (QED) is 0.118. The molecule has 0 amide bonds. The lowest BCUT2D eigenvalue weighted by atomic mass is 9.97. The normalized spacial score (nSPS) is 27.1. The Labute approximate surface area is 221 Å². The van der Waals surface area contributed by atoms with E-state index in [0.29, 0.717) is 12.8 Å². The van der Waals surface area contributed by atoms with Crippen molar-refractivity contribution in [2.45, 2.75) is 64.1 Å². The van der Waals surface area contributed by atoms with Gasteiger partial charge in [0.15, 0.2) is 5.72 Å². The van der Waals surface area contributed by atoms with Crippen LogP contribution < -0.4 is 11.2 Å². The lowest BCUT2D eigenvalue weighted by molar-refractivity contribution is -0.147. The topological polar surface area (TPSA) is 264 Å². The van der Waals surface area contributed by atoms with Gasteiger partial charge >= 0.3 is 29.2 Å². The highest BCUT2D eigenvalue weighted by Crippen LogP contribution is 2.66. The van der Waals surface area contributed by atoms with Gasteiger partial charge in [0.05, 0.1) is 6.61 Å². The highest BCUT2D eigenvalue weighted by molar-refractivity contribution is 7.66. The molecule has 39 heavy (non-hydrogen) atoms. The summed E-state index contributed by atoms with van der Waals surface area (Å²) in [7, 11) is -17.0. The van der Waals surface area contributed by atoms with Gasteiger partial charge in [0.25, 0.3) is 5.56 Å². The maximum Gasteiger partial charge on any atom is 0.490 e. The lowest BCUT2D eigenvalue weighted by Gasteiger charge is -2.33. The van der Waals surface area contributed by atoms with Crippen molar-refractivity contribution in [3.8, 4) is 0 Å². The molecule has 20 heteroatoms. The molecule has 1 saturated heterocycles. The van der Waals surface area contributed by atoms with Gasteiger partial charge < -0.3 is 34.5 Å². The van der Waals surface area contributed by atoms with Crippen LogP contribution in [0.5, 0.6) is 0 Å². The first kappa shape index (κ1) is 33.7. The Morgan fingerprint density at radius 3 is 2.28 bits per heavy atom. The Morgan fingerprint density at radius 1 is 1.08 bits per heavy atom. The van der Waals surface area contributed by atoms with Crippen molar-refractivity contribution in [1.29, 1.82) is 0 Å². The molecule has 0 radical (unpaired) electrons. The van der Waals surface area contributed by atoms with Crippen molar-refractivity contribution < 1.29 is 61.4 Å². The summed E-state index contributed by atoms with van der Waals surface area (Å²) in [6.07, 6.45) is 0.370. The third-order valence-electron chi connectivity index (χ3n) is 5.41. The van der Waals surface area contributed by atoms with Crippen LogP contribution in [0.25, 0.3) is 0 Å². The Kier molecular flexibility index (Phi) is 11.2. The molecule has 222 valence electrons. The first-order valence-corrected chi connectivity index (χ1v) is 15.7. The molecular weight excluding hydrogens is 589 g/mol. The average molecular weight is 620 g/mol. The summed E-state index contributed by atoms with van der Waals surface area (Å²) in [6, 6.07) is 0.969. The monoisotopic (exact) mass is 620 g/mol. The molecule has 17 nitrogen and oxygen atoms in total. The number of allylic oxidation sites excluding steroid dienone is 3. The highest BCUT2D eigenvalue weighted by atomic mass is 31.3. The SMILES string of the molecule is CC(C)=CCCC(C)=CC[C@@]1(n2ccc(=O)[nH]c2=O)O[C@H](COP(=O)(O)OP(=O)(O)OP(=O)(O)O)[C@@H](O)[C@H]1O. The predicted octanol–water partition coefficient (Wildman–Crippen LogP) is 0.736. The predicted molar refractivity (Wildman–Crippen MR) is 133 cm³/mol. The number of nitrogens with zero attached hydrogens (tertiary/aromatic N) is 1. The third-order valence-corrected chi connectivity index (χ3v) is 9.21. The van der Waals surface area contributed by atoms with E-state index in [4.69, 9.17) is 14.5 Å². The molecule has 1 aliphatic heterocycles. The molecule has 1 aromatic rings. The zero-order chi connectivity index (χ0) is 29.8. The van der Waals surface area contributed by atoms with Crippen LogP contribution in [0.2, 0.25) is 0 Å². The van der Waals surface area contributed by atoms with Crippen LogP contribution in [0.3, 0.4) is 0 Å². The third kappa shape index (κ3) is 9.80. The standard InChI is InChI=1S/C19H31N2O15P3/c1-12(2)5-4-6-13(3)7-9-19(21-10-8-15(22)20-18(21)25)17(24)16(23)14(34-19)11-33-38(29,30)36-39(31,32)35-37(26,27)28/h5,7-8,10,14,16-17,23-24H,4,6,9,11H2,1-3H3,(H,29,30)(H,31,32)(H,20,22,25)(H2,26,27,28)/t14-,16-,17-,19-/m1/s1. The first-order chi connectivity index (χ1) is 17.8. The van der Waals surface area contributed by atoms with E-state index >= 15 is 0 Å². The minimum absolute atomic E-state index is 0.219. The summed E-state index contributed by atoms with van der Waals surface area (Å²) in [5, 5.41) is 21.6. The van der Waals surface area contributed by atoms with Gasteiger partial charge in [0, 0.05) is 18.7 Å². The molecule has 1 aromatic heterocycles. The number of ether oxygens (including phenoxy) is 1. The number of nitrogens with one attached hydrogen (secondary N) is 1. The number of phosphoric acid groups is 3. The van der Waals surface area contributed by atoms with Gasteiger partial charge in [0.1, 0.15) is 18.3 Å². The summed E-state index contributed by atoms with van der Waals surface area (Å²) in [6.45, 7) is 4.57. The van der Waals surface area contributed by atoms with Crippen LogP contribution in [0.15, 0.2) is 45.2 Å². The smallest absolute Gasteiger partial charge is 0.387 e. The summed E-state index contributed by atoms with van der Waals surface area (Å²) >= 11 is 0. The second kappa shape index (κ2) is 13.0. The van der Waals surface area contributed by atoms with Crippen LogP contribution >= 0.6 is 23.5 Å². The number of aromatic nitrogens is 2. The summed E-state index contributed by atoms with van der Waals surface area (Å²) in [5.74, 6) is 0. The van der Waals surface area contributed by atoms with Crippen LogP contribution in [0, 0.1) is 0 Å². The van der Waals surface area contributed by atoms with Crippen LogP contribution in [-0.4, -0.2) is 64.3 Å². The Bertz CT molecular complexity index is 1340. The molecule has 2 unspecified atom stereocenters. The average Bonchev–Trinajstić information content (AvgIpc) is 2.99. The first-order valence-electron chi connectivity index (χ1n) is 11.2. The van der Waals surface area contributed by atoms with Gasteiger partial charge in [-0.25, -0.2) is 18.5 Å². The maximum atomic E-state index is 12.6. The molecule has 6 atom stereocenters. The zero-order valence-corrected chi connectivity index (χ0v) is 23.7. The van der Waals surface area contributed by atoms with Crippen molar-refractivity contribution >= 4 is 23.5 Å². The van der Waals surface area contributed by atoms with Crippen molar-refractivity contribution in [2.75, 3.05) is 6.61 Å². The van der Waals surface area contributed by atoms with Gasteiger partial charge in [-0.1, -0.05) is 23.3 Å². The molecule has 1 fully saturated rings. The van der Waals surface area contributed by atoms with E-state index in [2.05, 4.69) is 13.1 Å². The molecule has 0 aliphatic carbocycles. The van der Waals surface area contributed by atoms with Crippen LogP contribution in [0.1, 0.15) is 40.0 Å². The van der Waals surface area contributed by atoms with Crippen molar-refractivity contribution in [1.82, 2.24) is 9.55 Å². The van der Waals surface area contributed by atoms with Gasteiger partial charge in [-0.3, -0.25) is 18.9 Å². The Morgan fingerprint density at radius 2 is 1.72 bits per heavy atom. The number of H-pyrrole nitrogens is 1. The Balaban J connectivity index is 2.32. The number of rotatable bonds is 13. The van der Waals surface area contributed by atoms with Gasteiger partial charge in [-0.05, 0) is 33.6 Å². The van der Waals surface area contributed by atoms with E-state index in [9.17, 15) is 43.3 Å². The van der Waals surface area contributed by atoms with Gasteiger partial charge in [0.2, 0.25) is 0 Å². The highest BCUT2D eigenvalue weighted by Gasteiger charge is 2.56. The van der Waals surface area contributed by atoms with E-state index in [1.165, 1.54) is 0 Å². The van der Waals surface area contributed by atoms with Crippen molar-refractivity contribution in [3.63, 3.8) is 0 Å².